The van der Waals surface area contributed by atoms with Crippen molar-refractivity contribution in [3.8, 4) is 0 Å². The fourth-order valence-corrected chi connectivity index (χ4v) is 2.11. The molecule has 0 amide bonds. The van der Waals surface area contributed by atoms with Crippen molar-refractivity contribution < 1.29 is 4.92 Å². The lowest BCUT2D eigenvalue weighted by Gasteiger charge is -2.27. The quantitative estimate of drug-likeness (QED) is 0.659. The summed E-state index contributed by atoms with van der Waals surface area (Å²) in [4.78, 5) is 12.6. The van der Waals surface area contributed by atoms with Gasteiger partial charge in [-0.15, -0.1) is 0 Å². The maximum Gasteiger partial charge on any atom is 0.288 e. The van der Waals surface area contributed by atoms with Gasteiger partial charge in [0.25, 0.3) is 5.69 Å². The van der Waals surface area contributed by atoms with E-state index < -0.39 is 4.92 Å². The van der Waals surface area contributed by atoms with Crippen LogP contribution in [0.4, 0.5) is 5.69 Å². The van der Waals surface area contributed by atoms with Crippen LogP contribution in [0, 0.1) is 10.1 Å². The van der Waals surface area contributed by atoms with Crippen LogP contribution in [0.3, 0.4) is 0 Å². The maximum atomic E-state index is 10.8. The molecule has 6 heteroatoms. The highest BCUT2D eigenvalue weighted by Gasteiger charge is 2.15. The van der Waals surface area contributed by atoms with Gasteiger partial charge in [-0.2, -0.15) is 0 Å². The Hall–Kier alpha value is -1.17. The Morgan fingerprint density at radius 3 is 2.76 bits per heavy atom. The molecule has 1 aromatic rings. The molecule has 1 N–H and O–H groups in total. The summed E-state index contributed by atoms with van der Waals surface area (Å²) in [6.07, 6.45) is 0. The zero-order chi connectivity index (χ0) is 12.3. The van der Waals surface area contributed by atoms with Crippen molar-refractivity contribution in [3.63, 3.8) is 0 Å². The second-order valence-electron chi connectivity index (χ2n) is 4.07. The molecule has 1 heterocycles. The van der Waals surface area contributed by atoms with Crippen LogP contribution in [-0.2, 0) is 6.54 Å². The van der Waals surface area contributed by atoms with Gasteiger partial charge >= 0.3 is 0 Å². The highest BCUT2D eigenvalue weighted by molar-refractivity contribution is 6.32. The lowest BCUT2D eigenvalue weighted by atomic mass is 10.2. The second-order valence-corrected chi connectivity index (χ2v) is 4.48. The minimum atomic E-state index is -0.441. The zero-order valence-corrected chi connectivity index (χ0v) is 10.1. The van der Waals surface area contributed by atoms with Gasteiger partial charge in [-0.1, -0.05) is 17.7 Å². The smallest absolute Gasteiger partial charge is 0.288 e. The minimum Gasteiger partial charge on any atom is -0.314 e. The van der Waals surface area contributed by atoms with Gasteiger partial charge in [-0.05, 0) is 11.6 Å². The lowest BCUT2D eigenvalue weighted by Crippen LogP contribution is -2.42. The van der Waals surface area contributed by atoms with E-state index in [1.54, 1.807) is 12.1 Å². The van der Waals surface area contributed by atoms with Gasteiger partial charge in [0.05, 0.1) is 4.92 Å². The molecule has 0 saturated carbocycles. The molecule has 1 saturated heterocycles. The summed E-state index contributed by atoms with van der Waals surface area (Å²) in [5, 5.41) is 14.2. The van der Waals surface area contributed by atoms with Crippen molar-refractivity contribution in [2.45, 2.75) is 6.54 Å². The normalized spacial score (nSPS) is 17.0. The summed E-state index contributed by atoms with van der Waals surface area (Å²) in [6.45, 7) is 4.61. The van der Waals surface area contributed by atoms with Crippen LogP contribution >= 0.6 is 11.6 Å². The van der Waals surface area contributed by atoms with E-state index >= 15 is 0 Å². The minimum absolute atomic E-state index is 0.0145. The summed E-state index contributed by atoms with van der Waals surface area (Å²) in [5.74, 6) is 0. The molecular weight excluding hydrogens is 242 g/mol. The van der Waals surface area contributed by atoms with Gasteiger partial charge in [0, 0.05) is 38.8 Å². The average Bonchev–Trinajstić information content (AvgIpc) is 2.32. The number of halogens is 1. The molecule has 5 nitrogen and oxygen atoms in total. The number of hydrogen-bond donors (Lipinski definition) is 1. The van der Waals surface area contributed by atoms with Crippen LogP contribution in [0.2, 0.25) is 5.02 Å². The summed E-state index contributed by atoms with van der Waals surface area (Å²) in [6, 6.07) is 5.00. The van der Waals surface area contributed by atoms with Gasteiger partial charge in [0.2, 0.25) is 0 Å². The zero-order valence-electron chi connectivity index (χ0n) is 9.36. The molecule has 1 aromatic carbocycles. The summed E-state index contributed by atoms with van der Waals surface area (Å²) >= 11 is 5.77. The van der Waals surface area contributed by atoms with E-state index in [4.69, 9.17) is 11.6 Å². The van der Waals surface area contributed by atoms with Crippen LogP contribution < -0.4 is 5.32 Å². The number of nitro groups is 1. The summed E-state index contributed by atoms with van der Waals surface area (Å²) in [5.41, 5.74) is 0.919. The molecule has 92 valence electrons. The van der Waals surface area contributed by atoms with Crippen LogP contribution in [-0.4, -0.2) is 36.0 Å². The van der Waals surface area contributed by atoms with Crippen LogP contribution in [0.25, 0.3) is 0 Å². The first kappa shape index (κ1) is 12.3. The van der Waals surface area contributed by atoms with Crippen molar-refractivity contribution in [1.82, 2.24) is 10.2 Å². The molecule has 0 bridgehead atoms. The predicted molar refractivity (Wildman–Crippen MR) is 66.3 cm³/mol. The van der Waals surface area contributed by atoms with Crippen molar-refractivity contribution >= 4 is 17.3 Å². The predicted octanol–water partition coefficient (Wildman–Crippen LogP) is 1.65. The number of benzene rings is 1. The van der Waals surface area contributed by atoms with E-state index in [1.807, 2.05) is 6.07 Å². The van der Waals surface area contributed by atoms with Crippen molar-refractivity contribution in [1.29, 1.82) is 0 Å². The molecule has 0 unspecified atom stereocenters. The first-order valence-corrected chi connectivity index (χ1v) is 5.90. The molecule has 0 spiro atoms. The number of piperazine rings is 1. The van der Waals surface area contributed by atoms with Gasteiger partial charge in [-0.25, -0.2) is 0 Å². The number of hydrogen-bond acceptors (Lipinski definition) is 4. The Balaban J connectivity index is 2.10. The third-order valence-electron chi connectivity index (χ3n) is 2.82. The average molecular weight is 256 g/mol. The Morgan fingerprint density at radius 1 is 1.41 bits per heavy atom. The maximum absolute atomic E-state index is 10.8. The SMILES string of the molecule is O=[N+]([O-])c1cc(CN2CCNCC2)ccc1Cl. The first-order chi connectivity index (χ1) is 8.16. The second kappa shape index (κ2) is 5.44. The first-order valence-electron chi connectivity index (χ1n) is 5.53. The fourth-order valence-electron chi connectivity index (χ4n) is 1.92. The van der Waals surface area contributed by atoms with Crippen LogP contribution in [0.5, 0.6) is 0 Å². The van der Waals surface area contributed by atoms with Gasteiger partial charge in [0.15, 0.2) is 0 Å². The third kappa shape index (κ3) is 3.15. The highest BCUT2D eigenvalue weighted by Crippen LogP contribution is 2.25. The van der Waals surface area contributed by atoms with E-state index in [-0.39, 0.29) is 10.7 Å². The molecule has 2 rings (SSSR count). The Bertz CT molecular complexity index is 419. The molecule has 1 fully saturated rings. The van der Waals surface area contributed by atoms with Gasteiger partial charge < -0.3 is 5.32 Å². The molecule has 1 aliphatic rings. The van der Waals surface area contributed by atoms with Crippen molar-refractivity contribution in [3.05, 3.63) is 38.9 Å². The van der Waals surface area contributed by atoms with Gasteiger partial charge in [-0.3, -0.25) is 15.0 Å². The van der Waals surface area contributed by atoms with E-state index in [0.717, 1.165) is 38.3 Å². The van der Waals surface area contributed by atoms with Crippen LogP contribution in [0.1, 0.15) is 5.56 Å². The Morgan fingerprint density at radius 2 is 2.12 bits per heavy atom. The summed E-state index contributed by atoms with van der Waals surface area (Å²) < 4.78 is 0. The molecule has 0 aliphatic carbocycles. The number of nitrogens with one attached hydrogen (secondary N) is 1. The van der Waals surface area contributed by atoms with Crippen LogP contribution in [0.15, 0.2) is 18.2 Å². The highest BCUT2D eigenvalue weighted by atomic mass is 35.5. The van der Waals surface area contributed by atoms with E-state index in [2.05, 4.69) is 10.2 Å². The van der Waals surface area contributed by atoms with Crippen molar-refractivity contribution in [2.24, 2.45) is 0 Å². The topological polar surface area (TPSA) is 58.4 Å². The Labute approximate surface area is 105 Å². The van der Waals surface area contributed by atoms with E-state index in [9.17, 15) is 10.1 Å². The van der Waals surface area contributed by atoms with Gasteiger partial charge in [0.1, 0.15) is 5.02 Å². The van der Waals surface area contributed by atoms with E-state index in [0.29, 0.717) is 0 Å². The summed E-state index contributed by atoms with van der Waals surface area (Å²) in [7, 11) is 0. The Kier molecular flexibility index (Phi) is 3.93. The lowest BCUT2D eigenvalue weighted by molar-refractivity contribution is -0.384. The fraction of sp³-hybridized carbons (Fsp3) is 0.455. The molecule has 0 atom stereocenters. The molecule has 0 aromatic heterocycles. The number of nitro benzene ring substituents is 1. The number of rotatable bonds is 3. The number of nitrogens with zero attached hydrogens (tertiary/aromatic N) is 2. The molecule has 0 radical (unpaired) electrons. The van der Waals surface area contributed by atoms with E-state index in [1.165, 1.54) is 0 Å². The molecule has 17 heavy (non-hydrogen) atoms. The molecular formula is C11H14ClN3O2. The third-order valence-corrected chi connectivity index (χ3v) is 3.14. The van der Waals surface area contributed by atoms with Crippen molar-refractivity contribution in [2.75, 3.05) is 26.2 Å². The molecule has 1 aliphatic heterocycles. The standard InChI is InChI=1S/C11H14ClN3O2/c12-10-2-1-9(7-11(10)15(16)17)8-14-5-3-13-4-6-14/h1-2,7,13H,3-6,8H2. The largest absolute Gasteiger partial charge is 0.314 e. The monoisotopic (exact) mass is 255 g/mol.